The van der Waals surface area contributed by atoms with Crippen molar-refractivity contribution in [2.45, 2.75) is 38.4 Å². The van der Waals surface area contributed by atoms with Crippen LogP contribution in [0.2, 0.25) is 0 Å². The Morgan fingerprint density at radius 2 is 2.11 bits per heavy atom. The third-order valence-corrected chi connectivity index (χ3v) is 4.44. The molecule has 0 bridgehead atoms. The molecule has 1 rings (SSSR count). The first-order chi connectivity index (χ1) is 8.92. The van der Waals surface area contributed by atoms with E-state index in [0.29, 0.717) is 17.7 Å². The number of hydrogen-bond acceptors (Lipinski definition) is 4. The van der Waals surface area contributed by atoms with Gasteiger partial charge in [-0.05, 0) is 38.0 Å². The Kier molecular flexibility index (Phi) is 5.93. The largest absolute Gasteiger partial charge is 0.392 e. The Morgan fingerprint density at radius 1 is 1.42 bits per heavy atom. The van der Waals surface area contributed by atoms with Gasteiger partial charge >= 0.3 is 0 Å². The lowest BCUT2D eigenvalue weighted by atomic mass is 10.1. The molecule has 0 saturated carbocycles. The molecule has 19 heavy (non-hydrogen) atoms. The maximum Gasteiger partial charge on any atom is 0.240 e. The monoisotopic (exact) mass is 287 g/mol. The van der Waals surface area contributed by atoms with Crippen LogP contribution in [0.15, 0.2) is 23.1 Å². The van der Waals surface area contributed by atoms with Crippen molar-refractivity contribution in [1.29, 1.82) is 0 Å². The van der Waals surface area contributed by atoms with E-state index in [9.17, 15) is 8.42 Å². The molecular weight excluding hydrogens is 266 g/mol. The highest BCUT2D eigenvalue weighted by molar-refractivity contribution is 7.89. The number of aliphatic hydroxyl groups is 1. The van der Waals surface area contributed by atoms with E-state index in [4.69, 9.17) is 9.84 Å². The van der Waals surface area contributed by atoms with Crippen molar-refractivity contribution < 1.29 is 18.3 Å². The van der Waals surface area contributed by atoms with Crippen LogP contribution in [0.4, 0.5) is 0 Å². The summed E-state index contributed by atoms with van der Waals surface area (Å²) in [6.07, 6.45) is -0.180. The summed E-state index contributed by atoms with van der Waals surface area (Å²) in [5, 5.41) is 9.16. The third kappa shape index (κ3) is 4.28. The fourth-order valence-electron chi connectivity index (χ4n) is 1.77. The number of nitrogens with one attached hydrogen (secondary N) is 1. The average molecular weight is 287 g/mol. The van der Waals surface area contributed by atoms with Gasteiger partial charge in [0, 0.05) is 13.2 Å². The lowest BCUT2D eigenvalue weighted by molar-refractivity contribution is 0.0799. The van der Waals surface area contributed by atoms with Gasteiger partial charge in [-0.1, -0.05) is 12.1 Å². The number of hydrogen-bond donors (Lipinski definition) is 2. The summed E-state index contributed by atoms with van der Waals surface area (Å²) in [5.74, 6) is 0. The molecule has 2 N–H and O–H groups in total. The van der Waals surface area contributed by atoms with Crippen LogP contribution < -0.4 is 4.72 Å². The number of benzene rings is 1. The van der Waals surface area contributed by atoms with Gasteiger partial charge in [-0.25, -0.2) is 13.1 Å². The van der Waals surface area contributed by atoms with E-state index >= 15 is 0 Å². The molecule has 0 amide bonds. The summed E-state index contributed by atoms with van der Waals surface area (Å²) in [6.45, 7) is 5.94. The van der Waals surface area contributed by atoms with Crippen molar-refractivity contribution >= 4 is 10.0 Å². The van der Waals surface area contributed by atoms with Crippen molar-refractivity contribution in [1.82, 2.24) is 4.72 Å². The van der Waals surface area contributed by atoms with Crippen LogP contribution in [-0.2, 0) is 21.4 Å². The molecule has 0 radical (unpaired) electrons. The molecule has 0 heterocycles. The molecular formula is C13H21NO4S. The topological polar surface area (TPSA) is 75.6 Å². The van der Waals surface area contributed by atoms with Crippen LogP contribution >= 0.6 is 0 Å². The molecule has 1 atom stereocenters. The minimum atomic E-state index is -3.58. The maximum atomic E-state index is 12.2. The normalized spacial score (nSPS) is 13.5. The van der Waals surface area contributed by atoms with E-state index < -0.39 is 10.0 Å². The molecule has 0 spiro atoms. The van der Waals surface area contributed by atoms with E-state index in [1.807, 2.05) is 13.8 Å². The lowest BCUT2D eigenvalue weighted by Gasteiger charge is -2.15. The molecule has 6 heteroatoms. The maximum absolute atomic E-state index is 12.2. The highest BCUT2D eigenvalue weighted by atomic mass is 32.2. The van der Waals surface area contributed by atoms with Gasteiger partial charge in [0.05, 0.1) is 17.6 Å². The molecule has 0 saturated heterocycles. The average Bonchev–Trinajstić information content (AvgIpc) is 2.37. The second kappa shape index (κ2) is 7.00. The summed E-state index contributed by atoms with van der Waals surface area (Å²) in [4.78, 5) is 0.197. The van der Waals surface area contributed by atoms with Crippen molar-refractivity contribution in [3.05, 3.63) is 29.3 Å². The van der Waals surface area contributed by atoms with E-state index in [2.05, 4.69) is 4.72 Å². The van der Waals surface area contributed by atoms with E-state index in [0.717, 1.165) is 0 Å². The van der Waals surface area contributed by atoms with Crippen molar-refractivity contribution in [3.63, 3.8) is 0 Å². The zero-order valence-corrected chi connectivity index (χ0v) is 12.3. The van der Waals surface area contributed by atoms with Gasteiger partial charge in [-0.2, -0.15) is 0 Å². The summed E-state index contributed by atoms with van der Waals surface area (Å²) >= 11 is 0. The Bertz CT molecular complexity index is 513. The summed E-state index contributed by atoms with van der Waals surface area (Å²) in [6, 6.07) is 4.86. The van der Waals surface area contributed by atoms with Crippen LogP contribution in [0.3, 0.4) is 0 Å². The minimum absolute atomic E-state index is 0.176. The Balaban J connectivity index is 2.89. The van der Waals surface area contributed by atoms with Crippen molar-refractivity contribution in [2.75, 3.05) is 13.2 Å². The predicted molar refractivity (Wildman–Crippen MR) is 73.4 cm³/mol. The summed E-state index contributed by atoms with van der Waals surface area (Å²) in [5.41, 5.74) is 1.18. The standard InChI is InChI=1S/C13H21NO4S/c1-4-18-10(2)8-14-19(16,17)13-7-5-6-12(9-15)11(13)3/h5-7,10,14-15H,4,8-9H2,1-3H3. The van der Waals surface area contributed by atoms with E-state index in [1.54, 1.807) is 19.1 Å². The predicted octanol–water partition coefficient (Wildman–Crippen LogP) is 1.19. The Labute approximate surface area is 114 Å². The molecule has 1 aromatic carbocycles. The summed E-state index contributed by atoms with van der Waals surface area (Å²) in [7, 11) is -3.58. The smallest absolute Gasteiger partial charge is 0.240 e. The zero-order valence-electron chi connectivity index (χ0n) is 11.5. The lowest BCUT2D eigenvalue weighted by Crippen LogP contribution is -2.32. The molecule has 1 aromatic rings. The third-order valence-electron chi connectivity index (χ3n) is 2.87. The first-order valence-corrected chi connectivity index (χ1v) is 7.71. The molecule has 108 valence electrons. The molecule has 0 fully saturated rings. The fourth-order valence-corrected chi connectivity index (χ4v) is 3.17. The highest BCUT2D eigenvalue weighted by Crippen LogP contribution is 2.18. The molecule has 5 nitrogen and oxygen atoms in total. The van der Waals surface area contributed by atoms with Crippen LogP contribution in [-0.4, -0.2) is 32.8 Å². The van der Waals surface area contributed by atoms with Gasteiger partial charge in [-0.3, -0.25) is 0 Å². The van der Waals surface area contributed by atoms with Gasteiger partial charge in [0.25, 0.3) is 0 Å². The number of aliphatic hydroxyl groups excluding tert-OH is 1. The minimum Gasteiger partial charge on any atom is -0.392 e. The van der Waals surface area contributed by atoms with Gasteiger partial charge in [0.2, 0.25) is 10.0 Å². The van der Waals surface area contributed by atoms with E-state index in [-0.39, 0.29) is 24.2 Å². The molecule has 0 aliphatic carbocycles. The first kappa shape index (κ1) is 16.1. The number of sulfonamides is 1. The molecule has 0 aliphatic heterocycles. The Morgan fingerprint density at radius 3 is 2.68 bits per heavy atom. The Hall–Kier alpha value is -0.950. The second-order valence-electron chi connectivity index (χ2n) is 4.32. The van der Waals surface area contributed by atoms with E-state index in [1.165, 1.54) is 6.07 Å². The second-order valence-corrected chi connectivity index (χ2v) is 6.05. The van der Waals surface area contributed by atoms with Gasteiger partial charge < -0.3 is 9.84 Å². The van der Waals surface area contributed by atoms with Crippen LogP contribution in [0.1, 0.15) is 25.0 Å². The number of ether oxygens (including phenoxy) is 1. The van der Waals surface area contributed by atoms with Crippen molar-refractivity contribution in [3.8, 4) is 0 Å². The zero-order chi connectivity index (χ0) is 14.5. The summed E-state index contributed by atoms with van der Waals surface area (Å²) < 4.78 is 32.2. The quantitative estimate of drug-likeness (QED) is 0.790. The fraction of sp³-hybridized carbons (Fsp3) is 0.538. The van der Waals surface area contributed by atoms with Crippen molar-refractivity contribution in [2.24, 2.45) is 0 Å². The van der Waals surface area contributed by atoms with Gasteiger partial charge in [0.15, 0.2) is 0 Å². The molecule has 0 aromatic heterocycles. The molecule has 0 aliphatic rings. The van der Waals surface area contributed by atoms with Gasteiger partial charge in [-0.15, -0.1) is 0 Å². The highest BCUT2D eigenvalue weighted by Gasteiger charge is 2.18. The van der Waals surface area contributed by atoms with Crippen LogP contribution in [0.25, 0.3) is 0 Å². The number of rotatable bonds is 7. The first-order valence-electron chi connectivity index (χ1n) is 6.23. The SMILES string of the molecule is CCOC(C)CNS(=O)(=O)c1cccc(CO)c1C. The van der Waals surface area contributed by atoms with Crippen LogP contribution in [0, 0.1) is 6.92 Å². The van der Waals surface area contributed by atoms with Gasteiger partial charge in [0.1, 0.15) is 0 Å². The molecule has 1 unspecified atom stereocenters. The van der Waals surface area contributed by atoms with Crippen LogP contribution in [0.5, 0.6) is 0 Å².